The first kappa shape index (κ1) is 24.4. The molecule has 1 saturated heterocycles. The van der Waals surface area contributed by atoms with E-state index in [1.54, 1.807) is 0 Å². The van der Waals surface area contributed by atoms with E-state index in [1.807, 2.05) is 35.4 Å². The van der Waals surface area contributed by atoms with Crippen molar-refractivity contribution in [3.05, 3.63) is 23.6 Å². The molecule has 7 heteroatoms. The second-order valence-corrected chi connectivity index (χ2v) is 11.2. The maximum Gasteiger partial charge on any atom is 0.271 e. The molecule has 2 amide bonds. The van der Waals surface area contributed by atoms with E-state index in [0.717, 1.165) is 68.6 Å². The molecule has 0 bridgehead atoms. The molecule has 1 N–H and O–H groups in total. The maximum absolute atomic E-state index is 13.9. The van der Waals surface area contributed by atoms with E-state index < -0.39 is 5.54 Å². The Balaban J connectivity index is 1.38. The number of hydrogen-bond acceptors (Lipinski definition) is 4. The van der Waals surface area contributed by atoms with Crippen molar-refractivity contribution in [2.75, 3.05) is 26.2 Å². The van der Waals surface area contributed by atoms with Crippen LogP contribution in [0.2, 0.25) is 0 Å². The van der Waals surface area contributed by atoms with Crippen LogP contribution in [0.1, 0.15) is 93.8 Å². The molecule has 2 fully saturated rings. The predicted octanol–water partition coefficient (Wildman–Crippen LogP) is 4.86. The molecule has 7 nitrogen and oxygen atoms in total. The molecule has 0 aromatic carbocycles. The lowest BCUT2D eigenvalue weighted by Crippen LogP contribution is -2.65. The molecular formula is C28H42N4O3. The first-order valence-corrected chi connectivity index (χ1v) is 13.9. The highest BCUT2D eigenvalue weighted by molar-refractivity contribution is 6.03. The van der Waals surface area contributed by atoms with Crippen molar-refractivity contribution in [3.8, 4) is 0 Å². The Kier molecular flexibility index (Phi) is 7.24. The summed E-state index contributed by atoms with van der Waals surface area (Å²) in [7, 11) is 0. The van der Waals surface area contributed by atoms with Gasteiger partial charge in [0.25, 0.3) is 5.91 Å². The van der Waals surface area contributed by atoms with Crippen molar-refractivity contribution in [2.45, 2.75) is 103 Å². The van der Waals surface area contributed by atoms with Gasteiger partial charge in [-0.2, -0.15) is 0 Å². The van der Waals surface area contributed by atoms with Gasteiger partial charge >= 0.3 is 0 Å². The lowest BCUT2D eigenvalue weighted by atomic mass is 9.92. The fraction of sp³-hybridized carbons (Fsp3) is 0.714. The molecule has 3 aliphatic rings. The molecule has 0 spiro atoms. The fourth-order valence-electron chi connectivity index (χ4n) is 6.39. The number of aryl methyl sites for hydroxylation is 1. The molecule has 1 atom stereocenters. The van der Waals surface area contributed by atoms with Crippen LogP contribution >= 0.6 is 0 Å². The van der Waals surface area contributed by atoms with E-state index in [4.69, 9.17) is 4.42 Å². The van der Waals surface area contributed by atoms with Crippen LogP contribution in [0.4, 0.5) is 0 Å². The van der Waals surface area contributed by atoms with Crippen molar-refractivity contribution >= 4 is 22.9 Å². The first-order valence-electron chi connectivity index (χ1n) is 13.9. The van der Waals surface area contributed by atoms with E-state index in [1.165, 1.54) is 38.5 Å². The van der Waals surface area contributed by atoms with Gasteiger partial charge in [-0.15, -0.1) is 0 Å². The Labute approximate surface area is 209 Å². The normalized spacial score (nSPS) is 24.9. The quantitative estimate of drug-likeness (QED) is 0.638. The van der Waals surface area contributed by atoms with Gasteiger partial charge in [0.15, 0.2) is 5.58 Å². The van der Waals surface area contributed by atoms with E-state index >= 15 is 0 Å². The molecule has 2 aromatic rings. The molecular weight excluding hydrogens is 440 g/mol. The topological polar surface area (TPSA) is 70.7 Å². The van der Waals surface area contributed by atoms with Crippen LogP contribution in [-0.4, -0.2) is 63.9 Å². The molecule has 192 valence electrons. The second-order valence-electron chi connectivity index (χ2n) is 11.2. The number of carbonyl (C=O) groups is 2. The number of fused-ring (bicyclic) bond motifs is 3. The summed E-state index contributed by atoms with van der Waals surface area (Å²) in [5, 5.41) is 3.38. The molecule has 4 heterocycles. The van der Waals surface area contributed by atoms with Crippen LogP contribution in [0, 0.1) is 6.92 Å². The highest BCUT2D eigenvalue weighted by Gasteiger charge is 2.48. The molecule has 1 saturated carbocycles. The van der Waals surface area contributed by atoms with Gasteiger partial charge in [0.05, 0.1) is 12.1 Å². The smallest absolute Gasteiger partial charge is 0.271 e. The maximum atomic E-state index is 13.9. The third-order valence-corrected chi connectivity index (χ3v) is 8.47. The summed E-state index contributed by atoms with van der Waals surface area (Å²) in [5.41, 5.74) is 1.34. The zero-order valence-corrected chi connectivity index (χ0v) is 21.6. The van der Waals surface area contributed by atoms with Crippen LogP contribution in [0.5, 0.6) is 0 Å². The summed E-state index contributed by atoms with van der Waals surface area (Å²) in [4.78, 5) is 32.1. The lowest BCUT2D eigenvalue weighted by molar-refractivity contribution is -0.133. The average Bonchev–Trinajstić information content (AvgIpc) is 3.35. The van der Waals surface area contributed by atoms with Gasteiger partial charge in [0, 0.05) is 24.7 Å². The lowest BCUT2D eigenvalue weighted by Gasteiger charge is -2.45. The standard InChI is InChI=1S/C28H42N4O3/c1-21-18-23-25(35-21)19-24-26(33)32(17-11-16-30-14-9-6-10-15-30)28(2,20-31(23)24)27(34)29-22-12-7-4-3-5-8-13-22/h18-19,22H,3-17,20H2,1-2H3,(H,29,34)/t28-/m0/s1. The fourth-order valence-corrected chi connectivity index (χ4v) is 6.39. The summed E-state index contributed by atoms with van der Waals surface area (Å²) < 4.78 is 7.85. The van der Waals surface area contributed by atoms with Crippen LogP contribution in [0.25, 0.3) is 11.1 Å². The van der Waals surface area contributed by atoms with Gasteiger partial charge in [-0.3, -0.25) is 9.59 Å². The van der Waals surface area contributed by atoms with E-state index in [-0.39, 0.29) is 17.9 Å². The number of amides is 2. The van der Waals surface area contributed by atoms with Crippen molar-refractivity contribution in [3.63, 3.8) is 0 Å². The van der Waals surface area contributed by atoms with Crippen molar-refractivity contribution < 1.29 is 14.0 Å². The molecule has 1 aliphatic carbocycles. The van der Waals surface area contributed by atoms with Crippen molar-refractivity contribution in [2.24, 2.45) is 0 Å². The Morgan fingerprint density at radius 2 is 1.71 bits per heavy atom. The number of nitrogens with zero attached hydrogens (tertiary/aromatic N) is 3. The number of furan rings is 1. The summed E-state index contributed by atoms with van der Waals surface area (Å²) in [6, 6.07) is 4.03. The second kappa shape index (κ2) is 10.4. The number of nitrogens with one attached hydrogen (secondary N) is 1. The number of carbonyl (C=O) groups excluding carboxylic acids is 2. The number of hydrogen-bond donors (Lipinski definition) is 1. The minimum absolute atomic E-state index is 0.0119. The van der Waals surface area contributed by atoms with Crippen molar-refractivity contribution in [1.82, 2.24) is 19.7 Å². The van der Waals surface area contributed by atoms with E-state index in [2.05, 4.69) is 10.2 Å². The highest BCUT2D eigenvalue weighted by Crippen LogP contribution is 2.34. The van der Waals surface area contributed by atoms with Crippen molar-refractivity contribution in [1.29, 1.82) is 0 Å². The number of rotatable bonds is 6. The number of aromatic nitrogens is 1. The number of likely N-dealkylation sites (tertiary alicyclic amines) is 1. The molecule has 2 aromatic heterocycles. The van der Waals surface area contributed by atoms with E-state index in [9.17, 15) is 9.59 Å². The van der Waals surface area contributed by atoms with Crippen LogP contribution < -0.4 is 5.32 Å². The molecule has 2 aliphatic heterocycles. The van der Waals surface area contributed by atoms with Gasteiger partial charge in [0.2, 0.25) is 5.91 Å². The van der Waals surface area contributed by atoms with Gasteiger partial charge in [0.1, 0.15) is 17.0 Å². The zero-order valence-electron chi connectivity index (χ0n) is 21.6. The SMILES string of the molecule is Cc1cc2c(cc3n2C[C@@](C)(C(=O)NC2CCCCCCC2)N(CCCN2CCCCC2)C3=O)o1. The summed E-state index contributed by atoms with van der Waals surface area (Å²) >= 11 is 0. The van der Waals surface area contributed by atoms with E-state index in [0.29, 0.717) is 18.8 Å². The first-order chi connectivity index (χ1) is 17.0. The minimum Gasteiger partial charge on any atom is -0.460 e. The van der Waals surface area contributed by atoms with Crippen LogP contribution in [0.15, 0.2) is 16.5 Å². The zero-order chi connectivity index (χ0) is 24.4. The van der Waals surface area contributed by atoms with Gasteiger partial charge in [-0.25, -0.2) is 0 Å². The Bertz CT molecular complexity index is 1040. The Hall–Kier alpha value is -2.28. The summed E-state index contributed by atoms with van der Waals surface area (Å²) in [5.74, 6) is 0.749. The molecule has 0 unspecified atom stereocenters. The summed E-state index contributed by atoms with van der Waals surface area (Å²) in [6.07, 6.45) is 12.9. The third kappa shape index (κ3) is 5.02. The average molecular weight is 483 g/mol. The highest BCUT2D eigenvalue weighted by atomic mass is 16.3. The Morgan fingerprint density at radius 1 is 1.03 bits per heavy atom. The van der Waals surface area contributed by atoms with Gasteiger partial charge in [-0.05, 0) is 65.6 Å². The monoisotopic (exact) mass is 482 g/mol. The largest absolute Gasteiger partial charge is 0.460 e. The van der Waals surface area contributed by atoms with Gasteiger partial charge in [-0.1, -0.05) is 38.5 Å². The van der Waals surface area contributed by atoms with Crippen LogP contribution in [-0.2, 0) is 11.3 Å². The summed E-state index contributed by atoms with van der Waals surface area (Å²) in [6.45, 7) is 8.20. The Morgan fingerprint density at radius 3 is 2.46 bits per heavy atom. The predicted molar refractivity (Wildman–Crippen MR) is 138 cm³/mol. The molecule has 35 heavy (non-hydrogen) atoms. The van der Waals surface area contributed by atoms with Crippen LogP contribution in [0.3, 0.4) is 0 Å². The minimum atomic E-state index is -0.925. The number of piperidine rings is 1. The van der Waals surface area contributed by atoms with Gasteiger partial charge < -0.3 is 24.1 Å². The molecule has 0 radical (unpaired) electrons. The third-order valence-electron chi connectivity index (χ3n) is 8.47. The molecule has 5 rings (SSSR count).